The maximum absolute atomic E-state index is 12.9. The molecule has 0 heterocycles. The van der Waals surface area contributed by atoms with Gasteiger partial charge in [0.25, 0.3) is 10.0 Å². The minimum Gasteiger partial charge on any atom is -0.325 e. The molecule has 0 aliphatic carbocycles. The number of carbonyl (C=O) groups excluding carboxylic acids is 1. The zero-order chi connectivity index (χ0) is 25.9. The minimum atomic E-state index is -3.88. The van der Waals surface area contributed by atoms with Crippen molar-refractivity contribution in [2.45, 2.75) is 4.90 Å². The van der Waals surface area contributed by atoms with Crippen molar-refractivity contribution < 1.29 is 21.6 Å². The molecule has 36 heavy (non-hydrogen) atoms. The second-order valence-corrected chi connectivity index (χ2v) is 12.5. The van der Waals surface area contributed by atoms with Crippen LogP contribution in [0, 0.1) is 0 Å². The number of sulfonamides is 2. The molecule has 4 aromatic rings. The molecule has 8 nitrogen and oxygen atoms in total. The van der Waals surface area contributed by atoms with E-state index in [1.54, 1.807) is 36.4 Å². The van der Waals surface area contributed by atoms with Crippen LogP contribution in [-0.2, 0) is 24.8 Å². The van der Waals surface area contributed by atoms with Gasteiger partial charge in [-0.25, -0.2) is 16.8 Å². The summed E-state index contributed by atoms with van der Waals surface area (Å²) in [6.45, 7) is -0.446. The Hall–Kier alpha value is -3.41. The van der Waals surface area contributed by atoms with E-state index in [9.17, 15) is 21.6 Å². The van der Waals surface area contributed by atoms with Gasteiger partial charge in [0.1, 0.15) is 6.54 Å². The lowest BCUT2D eigenvalue weighted by Crippen LogP contribution is -2.37. The number of fused-ring (bicyclic) bond motifs is 1. The van der Waals surface area contributed by atoms with Gasteiger partial charge in [-0.1, -0.05) is 58.4 Å². The fourth-order valence-electron chi connectivity index (χ4n) is 3.60. The van der Waals surface area contributed by atoms with Crippen molar-refractivity contribution in [3.8, 4) is 0 Å². The molecule has 186 valence electrons. The summed E-state index contributed by atoms with van der Waals surface area (Å²) in [7, 11) is -7.61. The molecule has 0 saturated carbocycles. The molecule has 0 radical (unpaired) electrons. The van der Waals surface area contributed by atoms with Crippen LogP contribution in [0.3, 0.4) is 0 Å². The van der Waals surface area contributed by atoms with E-state index < -0.39 is 32.5 Å². The van der Waals surface area contributed by atoms with Gasteiger partial charge < -0.3 is 5.32 Å². The first kappa shape index (κ1) is 25.7. The molecule has 0 fully saturated rings. The van der Waals surface area contributed by atoms with E-state index in [0.29, 0.717) is 21.5 Å². The molecule has 0 atom stereocenters. The van der Waals surface area contributed by atoms with Gasteiger partial charge in [-0.05, 0) is 53.9 Å². The predicted octanol–water partition coefficient (Wildman–Crippen LogP) is 4.81. The summed E-state index contributed by atoms with van der Waals surface area (Å²) in [6, 6.07) is 25.0. The maximum Gasteiger partial charge on any atom is 0.261 e. The summed E-state index contributed by atoms with van der Waals surface area (Å²) >= 11 is 3.30. The minimum absolute atomic E-state index is 0.0142. The maximum atomic E-state index is 12.9. The topological polar surface area (TPSA) is 113 Å². The first-order valence-electron chi connectivity index (χ1n) is 10.7. The third-order valence-electron chi connectivity index (χ3n) is 5.27. The number of nitrogens with zero attached hydrogens (tertiary/aromatic N) is 1. The predicted molar refractivity (Wildman–Crippen MR) is 146 cm³/mol. The second-order valence-electron chi connectivity index (χ2n) is 7.95. The molecule has 0 aromatic heterocycles. The van der Waals surface area contributed by atoms with E-state index >= 15 is 0 Å². The van der Waals surface area contributed by atoms with E-state index in [2.05, 4.69) is 26.0 Å². The summed E-state index contributed by atoms with van der Waals surface area (Å²) in [5.41, 5.74) is 1.12. The first-order chi connectivity index (χ1) is 17.0. The molecule has 4 rings (SSSR count). The molecule has 4 aromatic carbocycles. The highest BCUT2D eigenvalue weighted by atomic mass is 79.9. The van der Waals surface area contributed by atoms with E-state index in [4.69, 9.17) is 0 Å². The largest absolute Gasteiger partial charge is 0.325 e. The SMILES string of the molecule is CS(=O)(=O)N(CC(=O)Nc1ccc(S(=O)(=O)Nc2cccc3ccccc23)cc1)c1cccc(Br)c1. The molecule has 0 aliphatic rings. The molecule has 0 aliphatic heterocycles. The van der Waals surface area contributed by atoms with E-state index in [1.165, 1.54) is 24.3 Å². The molecule has 0 spiro atoms. The quantitative estimate of drug-likeness (QED) is 0.307. The lowest BCUT2D eigenvalue weighted by atomic mass is 10.1. The van der Waals surface area contributed by atoms with E-state index in [0.717, 1.165) is 21.3 Å². The van der Waals surface area contributed by atoms with Crippen LogP contribution in [0.15, 0.2) is 100 Å². The number of anilines is 3. The molecule has 1 amide bonds. The van der Waals surface area contributed by atoms with Gasteiger partial charge in [0, 0.05) is 15.5 Å². The van der Waals surface area contributed by atoms with Gasteiger partial charge >= 0.3 is 0 Å². The number of halogens is 1. The molecule has 0 bridgehead atoms. The number of nitrogens with one attached hydrogen (secondary N) is 2. The fourth-order valence-corrected chi connectivity index (χ4v) is 5.91. The Morgan fingerprint density at radius 1 is 0.861 bits per heavy atom. The van der Waals surface area contributed by atoms with Gasteiger partial charge in [-0.2, -0.15) is 0 Å². The summed E-state index contributed by atoms with van der Waals surface area (Å²) in [5, 5.41) is 4.29. The number of benzene rings is 4. The summed E-state index contributed by atoms with van der Waals surface area (Å²) in [5.74, 6) is -0.579. The van der Waals surface area contributed by atoms with Crippen LogP contribution in [0.4, 0.5) is 17.1 Å². The van der Waals surface area contributed by atoms with Gasteiger partial charge in [-0.3, -0.25) is 13.8 Å². The number of amides is 1. The lowest BCUT2D eigenvalue weighted by molar-refractivity contribution is -0.114. The summed E-state index contributed by atoms with van der Waals surface area (Å²) < 4.78 is 54.7. The molecular formula is C25H22BrN3O5S2. The Labute approximate surface area is 218 Å². The van der Waals surface area contributed by atoms with Gasteiger partial charge in [0.15, 0.2) is 0 Å². The summed E-state index contributed by atoms with van der Waals surface area (Å²) in [4.78, 5) is 12.6. The van der Waals surface area contributed by atoms with Crippen LogP contribution in [0.5, 0.6) is 0 Å². The highest BCUT2D eigenvalue weighted by Gasteiger charge is 2.21. The molecular weight excluding hydrogens is 566 g/mol. The average molecular weight is 589 g/mol. The van der Waals surface area contributed by atoms with Crippen LogP contribution in [0.2, 0.25) is 0 Å². The molecule has 0 saturated heterocycles. The van der Waals surface area contributed by atoms with Crippen molar-refractivity contribution in [2.75, 3.05) is 27.1 Å². The lowest BCUT2D eigenvalue weighted by Gasteiger charge is -2.22. The van der Waals surface area contributed by atoms with E-state index in [1.807, 2.05) is 30.3 Å². The van der Waals surface area contributed by atoms with Crippen molar-refractivity contribution in [3.05, 3.63) is 95.5 Å². The number of carbonyl (C=O) groups is 1. The smallest absolute Gasteiger partial charge is 0.261 e. The third-order valence-corrected chi connectivity index (χ3v) is 8.28. The third kappa shape index (κ3) is 6.04. The van der Waals surface area contributed by atoms with Crippen LogP contribution in [0.1, 0.15) is 0 Å². The van der Waals surface area contributed by atoms with Crippen LogP contribution in [-0.4, -0.2) is 35.5 Å². The van der Waals surface area contributed by atoms with Crippen LogP contribution >= 0.6 is 15.9 Å². The van der Waals surface area contributed by atoms with Crippen molar-refractivity contribution >= 4 is 69.7 Å². The number of hydrogen-bond donors (Lipinski definition) is 2. The summed E-state index contributed by atoms with van der Waals surface area (Å²) in [6.07, 6.45) is 1.02. The number of rotatable bonds is 8. The van der Waals surface area contributed by atoms with Gasteiger partial charge in [0.2, 0.25) is 15.9 Å². The van der Waals surface area contributed by atoms with Gasteiger partial charge in [-0.15, -0.1) is 0 Å². The van der Waals surface area contributed by atoms with Crippen LogP contribution < -0.4 is 14.3 Å². The normalized spacial score (nSPS) is 11.7. The zero-order valence-corrected chi connectivity index (χ0v) is 22.3. The monoisotopic (exact) mass is 587 g/mol. The Kier molecular flexibility index (Phi) is 7.34. The zero-order valence-electron chi connectivity index (χ0n) is 19.1. The standard InChI is InChI=1S/C25H22BrN3O5S2/c1-35(31,32)29(21-9-5-8-19(26)16-21)17-25(30)27-20-12-14-22(15-13-20)36(33,34)28-24-11-4-7-18-6-2-3-10-23(18)24/h2-16,28H,17H2,1H3,(H,27,30). The number of hydrogen-bond acceptors (Lipinski definition) is 5. The molecule has 11 heteroatoms. The van der Waals surface area contributed by atoms with Crippen LogP contribution in [0.25, 0.3) is 10.8 Å². The van der Waals surface area contributed by atoms with Crippen molar-refractivity contribution in [2.24, 2.45) is 0 Å². The molecule has 2 N–H and O–H groups in total. The molecule has 0 unspecified atom stereocenters. The highest BCUT2D eigenvalue weighted by Crippen LogP contribution is 2.26. The van der Waals surface area contributed by atoms with Crippen molar-refractivity contribution in [1.82, 2.24) is 0 Å². The fraction of sp³-hybridized carbons (Fsp3) is 0.0800. The first-order valence-corrected chi connectivity index (χ1v) is 14.8. The van der Waals surface area contributed by atoms with Crippen molar-refractivity contribution in [1.29, 1.82) is 0 Å². The Bertz CT molecular complexity index is 1630. The highest BCUT2D eigenvalue weighted by molar-refractivity contribution is 9.10. The van der Waals surface area contributed by atoms with E-state index in [-0.39, 0.29) is 4.90 Å². The second kappa shape index (κ2) is 10.3. The Morgan fingerprint density at radius 3 is 2.22 bits per heavy atom. The Balaban J connectivity index is 1.48. The van der Waals surface area contributed by atoms with Crippen molar-refractivity contribution in [3.63, 3.8) is 0 Å². The average Bonchev–Trinajstić information content (AvgIpc) is 2.82. The van der Waals surface area contributed by atoms with Gasteiger partial charge in [0.05, 0.1) is 22.5 Å². The Morgan fingerprint density at radius 2 is 1.53 bits per heavy atom.